The molecular formula is C36H24O6P2. The molecule has 6 aromatic carbocycles. The maximum absolute atomic E-state index is 14.8. The second-order valence-corrected chi connectivity index (χ2v) is 15.2. The predicted molar refractivity (Wildman–Crippen MR) is 174 cm³/mol. The van der Waals surface area contributed by atoms with Gasteiger partial charge in [-0.3, -0.25) is 9.13 Å². The molecule has 0 amide bonds. The van der Waals surface area contributed by atoms with Gasteiger partial charge >= 0.3 is 14.7 Å². The van der Waals surface area contributed by atoms with Crippen molar-refractivity contribution < 1.29 is 28.4 Å². The SMILES string of the molecule is O=P1(c2cc(-c3ccc(O)c(P4(=O)Oc5ccccc5-c5ccccc54)c3)ccc2O)Oc2ccccc2-c2ccccc21. The Balaban J connectivity index is 1.27. The van der Waals surface area contributed by atoms with E-state index in [9.17, 15) is 19.3 Å². The maximum Gasteiger partial charge on any atom is 0.311 e. The van der Waals surface area contributed by atoms with Crippen molar-refractivity contribution in [1.82, 2.24) is 0 Å². The third-order valence-electron chi connectivity index (χ3n) is 8.17. The van der Waals surface area contributed by atoms with E-state index in [1.807, 2.05) is 60.7 Å². The van der Waals surface area contributed by atoms with E-state index < -0.39 is 14.7 Å². The lowest BCUT2D eigenvalue weighted by atomic mass is 10.0. The molecule has 2 aliphatic heterocycles. The van der Waals surface area contributed by atoms with Crippen LogP contribution in [0.3, 0.4) is 0 Å². The summed E-state index contributed by atoms with van der Waals surface area (Å²) in [5, 5.41) is 23.4. The van der Waals surface area contributed by atoms with Gasteiger partial charge in [-0.25, -0.2) is 0 Å². The third-order valence-corrected chi connectivity index (χ3v) is 13.1. The van der Waals surface area contributed by atoms with Crippen molar-refractivity contribution in [2.75, 3.05) is 0 Å². The van der Waals surface area contributed by atoms with Crippen LogP contribution in [0.25, 0.3) is 33.4 Å². The minimum atomic E-state index is -3.79. The van der Waals surface area contributed by atoms with E-state index in [1.54, 1.807) is 60.7 Å². The molecule has 0 bridgehead atoms. The zero-order valence-electron chi connectivity index (χ0n) is 23.1. The smallest absolute Gasteiger partial charge is 0.311 e. The molecule has 44 heavy (non-hydrogen) atoms. The fraction of sp³-hybridized carbons (Fsp3) is 0. The number of phenolic OH excluding ortho intramolecular Hbond substituents is 2. The molecule has 0 aliphatic carbocycles. The second-order valence-electron chi connectivity index (χ2n) is 10.7. The van der Waals surface area contributed by atoms with Gasteiger partial charge in [0.2, 0.25) is 0 Å². The van der Waals surface area contributed by atoms with Gasteiger partial charge in [-0.15, -0.1) is 0 Å². The average molecular weight is 615 g/mol. The van der Waals surface area contributed by atoms with Gasteiger partial charge in [0.1, 0.15) is 23.0 Å². The molecule has 2 aliphatic rings. The number of hydrogen-bond acceptors (Lipinski definition) is 6. The maximum atomic E-state index is 14.8. The van der Waals surface area contributed by atoms with Gasteiger partial charge < -0.3 is 19.3 Å². The van der Waals surface area contributed by atoms with E-state index >= 15 is 0 Å². The topological polar surface area (TPSA) is 93.1 Å². The van der Waals surface area contributed by atoms with E-state index in [2.05, 4.69) is 0 Å². The van der Waals surface area contributed by atoms with Crippen LogP contribution in [0.15, 0.2) is 133 Å². The highest BCUT2D eigenvalue weighted by atomic mass is 31.2. The van der Waals surface area contributed by atoms with Crippen LogP contribution in [0.1, 0.15) is 0 Å². The molecule has 6 aromatic rings. The fourth-order valence-electron chi connectivity index (χ4n) is 6.06. The number of benzene rings is 6. The fourth-order valence-corrected chi connectivity index (χ4v) is 10.8. The highest BCUT2D eigenvalue weighted by Crippen LogP contribution is 2.57. The first-order valence-corrected chi connectivity index (χ1v) is 17.3. The number of rotatable bonds is 3. The Kier molecular flexibility index (Phi) is 5.89. The number of fused-ring (bicyclic) bond motifs is 6. The lowest BCUT2D eigenvalue weighted by Crippen LogP contribution is -2.26. The summed E-state index contributed by atoms with van der Waals surface area (Å²) in [6, 6.07) is 39.1. The normalized spacial score (nSPS) is 19.4. The van der Waals surface area contributed by atoms with Gasteiger partial charge in [0.15, 0.2) is 0 Å². The molecule has 214 valence electrons. The molecule has 0 fully saturated rings. The van der Waals surface area contributed by atoms with Crippen LogP contribution in [0.4, 0.5) is 0 Å². The van der Waals surface area contributed by atoms with Crippen molar-refractivity contribution in [3.63, 3.8) is 0 Å². The van der Waals surface area contributed by atoms with Gasteiger partial charge in [-0.1, -0.05) is 84.9 Å². The van der Waals surface area contributed by atoms with Crippen LogP contribution in [-0.4, -0.2) is 10.2 Å². The summed E-state index contributed by atoms with van der Waals surface area (Å²) in [6.45, 7) is 0. The van der Waals surface area contributed by atoms with Gasteiger partial charge in [0.25, 0.3) is 0 Å². The van der Waals surface area contributed by atoms with Gasteiger partial charge in [0, 0.05) is 11.1 Å². The molecule has 2 N–H and O–H groups in total. The van der Waals surface area contributed by atoms with Crippen molar-refractivity contribution in [1.29, 1.82) is 0 Å². The number of para-hydroxylation sites is 2. The van der Waals surface area contributed by atoms with Crippen molar-refractivity contribution in [3.05, 3.63) is 133 Å². The monoisotopic (exact) mass is 614 g/mol. The summed E-state index contributed by atoms with van der Waals surface area (Å²) < 4.78 is 42.1. The molecule has 8 heteroatoms. The number of hydrogen-bond donors (Lipinski definition) is 2. The van der Waals surface area contributed by atoms with E-state index in [0.29, 0.717) is 33.2 Å². The summed E-state index contributed by atoms with van der Waals surface area (Å²) in [5.41, 5.74) is 4.39. The highest BCUT2D eigenvalue weighted by molar-refractivity contribution is 7.75. The summed E-state index contributed by atoms with van der Waals surface area (Å²) in [5.74, 6) is 0.605. The van der Waals surface area contributed by atoms with Crippen LogP contribution in [-0.2, 0) is 9.13 Å². The zero-order chi connectivity index (χ0) is 30.1. The predicted octanol–water partition coefficient (Wildman–Crippen LogP) is 7.34. The Morgan fingerprint density at radius 3 is 1.20 bits per heavy atom. The Labute approximate surface area is 253 Å². The Bertz CT molecular complexity index is 2080. The molecule has 0 saturated carbocycles. The summed E-state index contributed by atoms with van der Waals surface area (Å²) in [7, 11) is -7.59. The third kappa shape index (κ3) is 3.89. The van der Waals surface area contributed by atoms with E-state index in [1.165, 1.54) is 12.1 Å². The van der Waals surface area contributed by atoms with Crippen molar-refractivity contribution in [2.45, 2.75) is 0 Å². The van der Waals surface area contributed by atoms with Gasteiger partial charge in [-0.2, -0.15) is 0 Å². The molecule has 0 spiro atoms. The lowest BCUT2D eigenvalue weighted by Gasteiger charge is -2.30. The van der Waals surface area contributed by atoms with E-state index in [0.717, 1.165) is 22.3 Å². The molecule has 2 unspecified atom stereocenters. The van der Waals surface area contributed by atoms with Gasteiger partial charge in [-0.05, 0) is 70.8 Å². The van der Waals surface area contributed by atoms with Crippen LogP contribution in [0, 0.1) is 0 Å². The molecule has 2 heterocycles. The van der Waals surface area contributed by atoms with Crippen molar-refractivity contribution in [2.24, 2.45) is 0 Å². The van der Waals surface area contributed by atoms with Crippen LogP contribution in [0.2, 0.25) is 0 Å². The molecule has 0 saturated heterocycles. The largest absolute Gasteiger partial charge is 0.507 e. The molecule has 2 atom stereocenters. The van der Waals surface area contributed by atoms with E-state index in [4.69, 9.17) is 9.05 Å². The summed E-state index contributed by atoms with van der Waals surface area (Å²) >= 11 is 0. The minimum absolute atomic E-state index is 0.145. The Hall–Kier alpha value is -5.02. The van der Waals surface area contributed by atoms with E-state index in [-0.39, 0.29) is 22.1 Å². The Morgan fingerprint density at radius 2 is 0.773 bits per heavy atom. The van der Waals surface area contributed by atoms with Crippen LogP contribution in [0.5, 0.6) is 23.0 Å². The molecular weight excluding hydrogens is 590 g/mol. The number of phenols is 2. The zero-order valence-corrected chi connectivity index (χ0v) is 24.9. The first kappa shape index (κ1) is 26.6. The molecule has 8 rings (SSSR count). The average Bonchev–Trinajstić information content (AvgIpc) is 3.05. The minimum Gasteiger partial charge on any atom is -0.507 e. The number of aromatic hydroxyl groups is 2. The summed E-state index contributed by atoms with van der Waals surface area (Å²) in [4.78, 5) is 0. The molecule has 0 radical (unpaired) electrons. The first-order chi connectivity index (χ1) is 21.4. The van der Waals surface area contributed by atoms with Crippen molar-refractivity contribution in [3.8, 4) is 56.4 Å². The van der Waals surface area contributed by atoms with Gasteiger partial charge in [0.05, 0.1) is 21.2 Å². The first-order valence-electron chi connectivity index (χ1n) is 14.0. The van der Waals surface area contributed by atoms with Crippen LogP contribution >= 0.6 is 14.7 Å². The molecule has 0 aromatic heterocycles. The quantitative estimate of drug-likeness (QED) is 0.203. The second kappa shape index (κ2) is 9.75. The Morgan fingerprint density at radius 1 is 0.409 bits per heavy atom. The van der Waals surface area contributed by atoms with Crippen molar-refractivity contribution >= 4 is 36.0 Å². The standard InChI is InChI=1S/C36H24O6P2/c37-29-19-17-23(21-35(29)43(39)33-15-7-3-11-27(33)25-9-1-5-13-31(25)41-43)24-18-20-30(38)36(22-24)44(40)34-16-8-4-12-28(34)26-10-2-6-14-32(26)42-44/h1-22,37-38H. The molecule has 6 nitrogen and oxygen atoms in total. The van der Waals surface area contributed by atoms with Crippen LogP contribution < -0.4 is 30.3 Å². The summed E-state index contributed by atoms with van der Waals surface area (Å²) in [6.07, 6.45) is 0. The lowest BCUT2D eigenvalue weighted by molar-refractivity contribution is 0.471. The highest BCUT2D eigenvalue weighted by Gasteiger charge is 2.41.